The van der Waals surface area contributed by atoms with Crippen LogP contribution in [0.4, 0.5) is 5.88 Å². The number of amides is 1. The van der Waals surface area contributed by atoms with E-state index in [0.29, 0.717) is 35.5 Å². The van der Waals surface area contributed by atoms with Crippen LogP contribution in [0.3, 0.4) is 0 Å². The third-order valence-electron chi connectivity index (χ3n) is 4.97. The number of aromatic amines is 1. The highest BCUT2D eigenvalue weighted by Crippen LogP contribution is 2.22. The van der Waals surface area contributed by atoms with Gasteiger partial charge in [-0.1, -0.05) is 54.0 Å². The average Bonchev–Trinajstić information content (AvgIpc) is 3.22. The second-order valence-electron chi connectivity index (χ2n) is 7.32. The summed E-state index contributed by atoms with van der Waals surface area (Å²) in [7, 11) is 0. The molecule has 2 aromatic heterocycles. The van der Waals surface area contributed by atoms with E-state index in [1.54, 1.807) is 24.3 Å². The molecule has 0 saturated heterocycles. The van der Waals surface area contributed by atoms with Gasteiger partial charge in [0.15, 0.2) is 0 Å². The highest BCUT2D eigenvalue weighted by Gasteiger charge is 2.15. The number of H-pyrrole nitrogens is 1. The van der Waals surface area contributed by atoms with Gasteiger partial charge in [-0.2, -0.15) is 0 Å². The summed E-state index contributed by atoms with van der Waals surface area (Å²) < 4.78 is 5.26. The lowest BCUT2D eigenvalue weighted by atomic mass is 10.1. The molecular weight excluding hydrogens is 394 g/mol. The van der Waals surface area contributed by atoms with E-state index in [2.05, 4.69) is 20.4 Å². The van der Waals surface area contributed by atoms with Crippen LogP contribution in [0.2, 0.25) is 0 Å². The Labute approximate surface area is 178 Å². The van der Waals surface area contributed by atoms with Crippen LogP contribution in [-0.2, 0) is 11.3 Å². The van der Waals surface area contributed by atoms with Crippen molar-refractivity contribution in [2.45, 2.75) is 20.4 Å². The summed E-state index contributed by atoms with van der Waals surface area (Å²) >= 11 is 0. The number of aromatic nitrogens is 3. The van der Waals surface area contributed by atoms with E-state index in [-0.39, 0.29) is 23.9 Å². The van der Waals surface area contributed by atoms with Crippen LogP contribution in [-0.4, -0.2) is 39.0 Å². The van der Waals surface area contributed by atoms with Gasteiger partial charge in [0, 0.05) is 11.6 Å². The molecule has 2 N–H and O–H groups in total. The molecule has 4 aromatic rings. The first-order valence-electron chi connectivity index (χ1n) is 10.1. The normalized spacial score (nSPS) is 11.2. The molecule has 8 nitrogen and oxygen atoms in total. The maximum absolute atomic E-state index is 12.5. The van der Waals surface area contributed by atoms with Crippen molar-refractivity contribution in [3.63, 3.8) is 0 Å². The third kappa shape index (κ3) is 4.87. The van der Waals surface area contributed by atoms with E-state index in [4.69, 9.17) is 4.52 Å². The summed E-state index contributed by atoms with van der Waals surface area (Å²) in [6, 6.07) is 16.8. The van der Waals surface area contributed by atoms with Gasteiger partial charge in [-0.3, -0.25) is 19.8 Å². The molecule has 158 valence electrons. The van der Waals surface area contributed by atoms with Gasteiger partial charge >= 0.3 is 0 Å². The van der Waals surface area contributed by atoms with Crippen LogP contribution in [0.1, 0.15) is 18.3 Å². The lowest BCUT2D eigenvalue weighted by Gasteiger charge is -2.18. The summed E-state index contributed by atoms with van der Waals surface area (Å²) in [6.07, 6.45) is 0. The number of rotatable bonds is 7. The number of nitrogens with one attached hydrogen (secondary N) is 2. The Bertz CT molecular complexity index is 1260. The zero-order valence-electron chi connectivity index (χ0n) is 17.4. The Kier molecular flexibility index (Phi) is 5.90. The van der Waals surface area contributed by atoms with Gasteiger partial charge in [0.1, 0.15) is 11.5 Å². The molecule has 0 atom stereocenters. The van der Waals surface area contributed by atoms with Crippen LogP contribution in [0.25, 0.3) is 22.2 Å². The van der Waals surface area contributed by atoms with E-state index in [9.17, 15) is 9.59 Å². The monoisotopic (exact) mass is 417 g/mol. The zero-order chi connectivity index (χ0) is 21.8. The number of fused-ring (bicyclic) bond motifs is 1. The number of benzene rings is 2. The van der Waals surface area contributed by atoms with Gasteiger partial charge in [-0.15, -0.1) is 0 Å². The van der Waals surface area contributed by atoms with Crippen LogP contribution < -0.4 is 10.9 Å². The molecule has 0 fully saturated rings. The number of anilines is 1. The van der Waals surface area contributed by atoms with Crippen molar-refractivity contribution >= 4 is 22.7 Å². The Hall–Kier alpha value is -3.78. The Morgan fingerprint density at radius 2 is 1.94 bits per heavy atom. The molecule has 2 aromatic carbocycles. The molecule has 31 heavy (non-hydrogen) atoms. The number of hydrogen-bond acceptors (Lipinski definition) is 6. The maximum atomic E-state index is 12.5. The summed E-state index contributed by atoms with van der Waals surface area (Å²) in [4.78, 5) is 33.9. The number of aryl methyl sites for hydroxylation is 1. The smallest absolute Gasteiger partial charge is 0.258 e. The fraction of sp³-hybridized carbons (Fsp3) is 0.217. The van der Waals surface area contributed by atoms with Crippen molar-refractivity contribution in [3.05, 3.63) is 76.3 Å². The first-order valence-corrected chi connectivity index (χ1v) is 10.1. The molecule has 0 saturated carbocycles. The van der Waals surface area contributed by atoms with E-state index in [0.717, 1.165) is 11.1 Å². The molecule has 0 aliphatic carbocycles. The number of carbonyl (C=O) groups is 1. The fourth-order valence-electron chi connectivity index (χ4n) is 3.28. The minimum atomic E-state index is -0.239. The van der Waals surface area contributed by atoms with Gasteiger partial charge in [0.25, 0.3) is 5.56 Å². The predicted molar refractivity (Wildman–Crippen MR) is 119 cm³/mol. The highest BCUT2D eigenvalue weighted by atomic mass is 16.5. The number of carbonyl (C=O) groups excluding carboxylic acids is 1. The zero-order valence-corrected chi connectivity index (χ0v) is 17.4. The second kappa shape index (κ2) is 8.93. The average molecular weight is 417 g/mol. The molecule has 0 bridgehead atoms. The van der Waals surface area contributed by atoms with Crippen LogP contribution in [0.15, 0.2) is 63.9 Å². The predicted octanol–water partition coefficient (Wildman–Crippen LogP) is 3.35. The maximum Gasteiger partial charge on any atom is 0.258 e. The topological polar surface area (TPSA) is 104 Å². The van der Waals surface area contributed by atoms with Crippen molar-refractivity contribution in [2.75, 3.05) is 18.4 Å². The van der Waals surface area contributed by atoms with E-state index < -0.39 is 0 Å². The Morgan fingerprint density at radius 3 is 2.71 bits per heavy atom. The molecule has 0 spiro atoms. The van der Waals surface area contributed by atoms with Crippen molar-refractivity contribution < 1.29 is 9.32 Å². The van der Waals surface area contributed by atoms with E-state index in [1.165, 1.54) is 0 Å². The number of para-hydroxylation sites is 1. The van der Waals surface area contributed by atoms with Crippen molar-refractivity contribution in [3.8, 4) is 11.3 Å². The number of nitrogens with zero attached hydrogens (tertiary/aromatic N) is 3. The van der Waals surface area contributed by atoms with Crippen molar-refractivity contribution in [1.82, 2.24) is 20.0 Å². The molecule has 8 heteroatoms. The minimum Gasteiger partial charge on any atom is -0.338 e. The van der Waals surface area contributed by atoms with Gasteiger partial charge in [-0.25, -0.2) is 4.98 Å². The Morgan fingerprint density at radius 1 is 1.16 bits per heavy atom. The van der Waals surface area contributed by atoms with Gasteiger partial charge in [0.05, 0.1) is 24.0 Å². The summed E-state index contributed by atoms with van der Waals surface area (Å²) in [5, 5.41) is 7.30. The first-order chi connectivity index (χ1) is 15.0. The summed E-state index contributed by atoms with van der Waals surface area (Å²) in [5.41, 5.74) is 3.16. The molecule has 4 rings (SSSR count). The van der Waals surface area contributed by atoms with E-state index >= 15 is 0 Å². The fourth-order valence-corrected chi connectivity index (χ4v) is 3.28. The largest absolute Gasteiger partial charge is 0.338 e. The van der Waals surface area contributed by atoms with Gasteiger partial charge < -0.3 is 9.51 Å². The van der Waals surface area contributed by atoms with Crippen LogP contribution in [0.5, 0.6) is 0 Å². The van der Waals surface area contributed by atoms with Crippen LogP contribution >= 0.6 is 0 Å². The first kappa shape index (κ1) is 20.5. The second-order valence-corrected chi connectivity index (χ2v) is 7.32. The molecule has 0 aliphatic rings. The number of likely N-dealkylation sites (N-methyl/N-ethyl adjacent to an activating group) is 1. The summed E-state index contributed by atoms with van der Waals surface area (Å²) in [6.45, 7) is 5.02. The number of hydrogen-bond donors (Lipinski definition) is 2. The van der Waals surface area contributed by atoms with E-state index in [1.807, 2.05) is 49.1 Å². The van der Waals surface area contributed by atoms with Crippen molar-refractivity contribution in [2.24, 2.45) is 0 Å². The van der Waals surface area contributed by atoms with Crippen LogP contribution in [0, 0.1) is 6.92 Å². The third-order valence-corrected chi connectivity index (χ3v) is 4.97. The quantitative estimate of drug-likeness (QED) is 0.478. The van der Waals surface area contributed by atoms with Gasteiger partial charge in [0.2, 0.25) is 11.8 Å². The lowest BCUT2D eigenvalue weighted by Crippen LogP contribution is -2.33. The molecule has 0 aliphatic heterocycles. The molecule has 0 radical (unpaired) electrons. The molecule has 0 unspecified atom stereocenters. The highest BCUT2D eigenvalue weighted by molar-refractivity contribution is 5.91. The standard InChI is InChI=1S/C23H23N5O3/c1-3-28(13-20-24-18-7-5-4-6-17(18)23(30)25-20)14-21(29)26-22-12-19(27-31-22)16-10-8-15(2)9-11-16/h4-12H,3,13-14H2,1-2H3,(H,26,29)(H,24,25,30). The molecule has 1 amide bonds. The molecular formula is C23H23N5O3. The van der Waals surface area contributed by atoms with Gasteiger partial charge in [-0.05, 0) is 25.6 Å². The van der Waals surface area contributed by atoms with Crippen molar-refractivity contribution in [1.29, 1.82) is 0 Å². The SMILES string of the molecule is CCN(CC(=O)Nc1cc(-c2ccc(C)cc2)no1)Cc1nc2ccccc2c(=O)[nH]1. The molecule has 2 heterocycles. The Balaban J connectivity index is 1.40. The summed E-state index contributed by atoms with van der Waals surface area (Å²) in [5.74, 6) is 0.560. The minimum absolute atomic E-state index is 0.119. The lowest BCUT2D eigenvalue weighted by molar-refractivity contribution is -0.117.